The monoisotopic (exact) mass is 265 g/mol. The Balaban J connectivity index is 2.41. The maximum absolute atomic E-state index is 11.8. The van der Waals surface area contributed by atoms with Gasteiger partial charge in [-0.1, -0.05) is 19.9 Å². The highest BCUT2D eigenvalue weighted by Gasteiger charge is 2.08. The number of hydrogen-bond donors (Lipinski definition) is 2. The molecule has 1 rings (SSSR count). The molecule has 1 aromatic carbocycles. The van der Waals surface area contributed by atoms with Crippen molar-refractivity contribution in [1.29, 1.82) is 0 Å². The van der Waals surface area contributed by atoms with Crippen molar-refractivity contribution in [2.75, 3.05) is 19.8 Å². The maximum Gasteiger partial charge on any atom is 0.335 e. The fourth-order valence-corrected chi connectivity index (χ4v) is 1.45. The maximum atomic E-state index is 11.8. The molecule has 19 heavy (non-hydrogen) atoms. The van der Waals surface area contributed by atoms with Crippen molar-refractivity contribution in [3.05, 3.63) is 35.4 Å². The number of hydrogen-bond acceptors (Lipinski definition) is 3. The normalized spacial score (nSPS) is 10.5. The average Bonchev–Trinajstić information content (AvgIpc) is 2.37. The molecular formula is C14H19NO4. The van der Waals surface area contributed by atoms with Gasteiger partial charge in [0.15, 0.2) is 0 Å². The van der Waals surface area contributed by atoms with Crippen LogP contribution in [0.5, 0.6) is 0 Å². The van der Waals surface area contributed by atoms with Gasteiger partial charge in [0, 0.05) is 18.7 Å². The van der Waals surface area contributed by atoms with Crippen LogP contribution in [0, 0.1) is 5.92 Å². The van der Waals surface area contributed by atoms with Crippen LogP contribution in [0.3, 0.4) is 0 Å². The van der Waals surface area contributed by atoms with Gasteiger partial charge in [-0.2, -0.15) is 0 Å². The molecule has 1 amide bonds. The van der Waals surface area contributed by atoms with Crippen LogP contribution < -0.4 is 5.32 Å². The third-order valence-corrected chi connectivity index (χ3v) is 2.35. The Morgan fingerprint density at radius 1 is 1.32 bits per heavy atom. The van der Waals surface area contributed by atoms with Crippen LogP contribution in [0.4, 0.5) is 0 Å². The molecule has 0 heterocycles. The molecule has 0 aliphatic carbocycles. The van der Waals surface area contributed by atoms with Crippen molar-refractivity contribution in [2.45, 2.75) is 13.8 Å². The first-order valence-electron chi connectivity index (χ1n) is 6.20. The summed E-state index contributed by atoms with van der Waals surface area (Å²) in [6, 6.07) is 5.93. The SMILES string of the molecule is CC(C)COCCNC(=O)c1cccc(C(=O)O)c1. The number of aromatic carboxylic acids is 1. The molecule has 0 spiro atoms. The topological polar surface area (TPSA) is 75.6 Å². The molecule has 5 heteroatoms. The molecule has 0 aliphatic rings. The van der Waals surface area contributed by atoms with Crippen molar-refractivity contribution in [3.8, 4) is 0 Å². The summed E-state index contributed by atoms with van der Waals surface area (Å²) in [4.78, 5) is 22.5. The van der Waals surface area contributed by atoms with E-state index in [4.69, 9.17) is 9.84 Å². The Morgan fingerprint density at radius 3 is 2.63 bits per heavy atom. The summed E-state index contributed by atoms with van der Waals surface area (Å²) in [5, 5.41) is 11.5. The van der Waals surface area contributed by atoms with Gasteiger partial charge in [0.1, 0.15) is 0 Å². The van der Waals surface area contributed by atoms with Gasteiger partial charge >= 0.3 is 5.97 Å². The second-order valence-corrected chi connectivity index (χ2v) is 4.61. The Hall–Kier alpha value is -1.88. The zero-order valence-electron chi connectivity index (χ0n) is 11.2. The van der Waals surface area contributed by atoms with Crippen LogP contribution >= 0.6 is 0 Å². The second kappa shape index (κ2) is 7.53. The number of benzene rings is 1. The molecular weight excluding hydrogens is 246 g/mol. The van der Waals surface area contributed by atoms with E-state index < -0.39 is 5.97 Å². The number of ether oxygens (including phenoxy) is 1. The lowest BCUT2D eigenvalue weighted by molar-refractivity contribution is 0.0697. The quantitative estimate of drug-likeness (QED) is 0.737. The van der Waals surface area contributed by atoms with Gasteiger partial charge in [0.2, 0.25) is 0 Å². The largest absolute Gasteiger partial charge is 0.478 e. The van der Waals surface area contributed by atoms with E-state index in [1.165, 1.54) is 12.1 Å². The van der Waals surface area contributed by atoms with Crippen LogP contribution in [0.25, 0.3) is 0 Å². The Morgan fingerprint density at radius 2 is 2.00 bits per heavy atom. The van der Waals surface area contributed by atoms with E-state index in [9.17, 15) is 9.59 Å². The minimum atomic E-state index is -1.05. The third-order valence-electron chi connectivity index (χ3n) is 2.35. The highest BCUT2D eigenvalue weighted by molar-refractivity contribution is 5.97. The van der Waals surface area contributed by atoms with E-state index in [1.807, 2.05) is 0 Å². The fraction of sp³-hybridized carbons (Fsp3) is 0.429. The molecule has 0 radical (unpaired) electrons. The second-order valence-electron chi connectivity index (χ2n) is 4.61. The Bertz CT molecular complexity index is 443. The molecule has 0 saturated heterocycles. The van der Waals surface area contributed by atoms with Gasteiger partial charge in [-0.05, 0) is 24.1 Å². The number of carbonyl (C=O) groups is 2. The van der Waals surface area contributed by atoms with Crippen molar-refractivity contribution < 1.29 is 19.4 Å². The van der Waals surface area contributed by atoms with Crippen LogP contribution in [0.2, 0.25) is 0 Å². The van der Waals surface area contributed by atoms with Gasteiger partial charge in [-0.25, -0.2) is 4.79 Å². The van der Waals surface area contributed by atoms with E-state index in [-0.39, 0.29) is 11.5 Å². The van der Waals surface area contributed by atoms with Crippen molar-refractivity contribution in [3.63, 3.8) is 0 Å². The van der Waals surface area contributed by atoms with Gasteiger partial charge in [0.25, 0.3) is 5.91 Å². The third kappa shape index (κ3) is 5.52. The van der Waals surface area contributed by atoms with E-state index in [0.29, 0.717) is 31.2 Å². The molecule has 0 unspecified atom stereocenters. The van der Waals surface area contributed by atoms with Crippen LogP contribution in [-0.2, 0) is 4.74 Å². The van der Waals surface area contributed by atoms with Crippen molar-refractivity contribution in [2.24, 2.45) is 5.92 Å². The predicted molar refractivity (Wildman–Crippen MR) is 71.4 cm³/mol. The minimum Gasteiger partial charge on any atom is -0.478 e. The molecule has 0 aliphatic heterocycles. The molecule has 104 valence electrons. The summed E-state index contributed by atoms with van der Waals surface area (Å²) in [6.45, 7) is 5.61. The molecule has 2 N–H and O–H groups in total. The fourth-order valence-electron chi connectivity index (χ4n) is 1.45. The average molecular weight is 265 g/mol. The van der Waals surface area contributed by atoms with Crippen molar-refractivity contribution in [1.82, 2.24) is 5.32 Å². The summed E-state index contributed by atoms with van der Waals surface area (Å²) in [5.41, 5.74) is 0.437. The number of carboxylic acid groups (broad SMARTS) is 1. The van der Waals surface area contributed by atoms with E-state index in [1.54, 1.807) is 12.1 Å². The summed E-state index contributed by atoms with van der Waals surface area (Å²) >= 11 is 0. The van der Waals surface area contributed by atoms with E-state index >= 15 is 0 Å². The standard InChI is InChI=1S/C14H19NO4/c1-10(2)9-19-7-6-15-13(16)11-4-3-5-12(8-11)14(17)18/h3-5,8,10H,6-7,9H2,1-2H3,(H,15,16)(H,17,18). The summed E-state index contributed by atoms with van der Waals surface area (Å²) < 4.78 is 5.33. The number of nitrogens with one attached hydrogen (secondary N) is 1. The zero-order valence-corrected chi connectivity index (χ0v) is 11.2. The molecule has 1 aromatic rings. The summed E-state index contributed by atoms with van der Waals surface area (Å²) in [7, 11) is 0. The number of carboxylic acids is 1. The van der Waals surface area contributed by atoms with Crippen LogP contribution in [0.1, 0.15) is 34.6 Å². The molecule has 0 fully saturated rings. The lowest BCUT2D eigenvalue weighted by atomic mass is 10.1. The first kappa shape index (κ1) is 15.2. The molecule has 0 saturated carbocycles. The smallest absolute Gasteiger partial charge is 0.335 e. The van der Waals surface area contributed by atoms with Gasteiger partial charge in [0.05, 0.1) is 12.2 Å². The summed E-state index contributed by atoms with van der Waals surface area (Å²) in [5.74, 6) is -0.880. The van der Waals surface area contributed by atoms with Gasteiger partial charge in [-0.3, -0.25) is 4.79 Å². The molecule has 5 nitrogen and oxygen atoms in total. The number of carbonyl (C=O) groups excluding carboxylic acids is 1. The number of rotatable bonds is 7. The van der Waals surface area contributed by atoms with Crippen molar-refractivity contribution >= 4 is 11.9 Å². The van der Waals surface area contributed by atoms with Crippen LogP contribution in [-0.4, -0.2) is 36.7 Å². The molecule has 0 bridgehead atoms. The molecule has 0 aromatic heterocycles. The van der Waals surface area contributed by atoms with E-state index in [0.717, 1.165) is 0 Å². The predicted octanol–water partition coefficient (Wildman–Crippen LogP) is 1.79. The van der Waals surface area contributed by atoms with Gasteiger partial charge < -0.3 is 15.2 Å². The Kier molecular flexibility index (Phi) is 6.02. The Labute approximate surface area is 112 Å². The molecule has 0 atom stereocenters. The first-order valence-corrected chi connectivity index (χ1v) is 6.20. The lowest BCUT2D eigenvalue weighted by Crippen LogP contribution is -2.27. The van der Waals surface area contributed by atoms with E-state index in [2.05, 4.69) is 19.2 Å². The number of amides is 1. The highest BCUT2D eigenvalue weighted by Crippen LogP contribution is 2.05. The minimum absolute atomic E-state index is 0.101. The lowest BCUT2D eigenvalue weighted by Gasteiger charge is -2.08. The van der Waals surface area contributed by atoms with Crippen LogP contribution in [0.15, 0.2) is 24.3 Å². The summed E-state index contributed by atoms with van der Waals surface area (Å²) in [6.07, 6.45) is 0. The zero-order chi connectivity index (χ0) is 14.3. The first-order chi connectivity index (χ1) is 9.00. The van der Waals surface area contributed by atoms with Gasteiger partial charge in [-0.15, -0.1) is 0 Å². The highest BCUT2D eigenvalue weighted by atomic mass is 16.5.